The van der Waals surface area contributed by atoms with Gasteiger partial charge in [-0.25, -0.2) is 4.98 Å². The molecule has 1 aliphatic rings. The monoisotopic (exact) mass is 403 g/mol. The van der Waals surface area contributed by atoms with E-state index in [4.69, 9.17) is 15.2 Å². The molecule has 1 amide bonds. The van der Waals surface area contributed by atoms with Crippen molar-refractivity contribution >= 4 is 11.7 Å². The van der Waals surface area contributed by atoms with E-state index in [2.05, 4.69) is 9.88 Å². The molecule has 4 rings (SSSR count). The summed E-state index contributed by atoms with van der Waals surface area (Å²) in [6.45, 7) is 5.08. The number of hydrogen-bond donors (Lipinski definition) is 1. The van der Waals surface area contributed by atoms with E-state index in [1.165, 1.54) is 0 Å². The number of nitrogens with two attached hydrogens (primary N) is 1. The fraction of sp³-hybridized carbons (Fsp3) is 0.250. The summed E-state index contributed by atoms with van der Waals surface area (Å²) in [5.41, 5.74) is 10.9. The third-order valence-corrected chi connectivity index (χ3v) is 5.43. The Hall–Kier alpha value is -3.38. The summed E-state index contributed by atoms with van der Waals surface area (Å²) in [6.07, 6.45) is 1.82. The van der Waals surface area contributed by atoms with Crippen molar-refractivity contribution in [1.29, 1.82) is 0 Å². The van der Waals surface area contributed by atoms with Crippen LogP contribution in [0.5, 0.6) is 5.75 Å². The van der Waals surface area contributed by atoms with Gasteiger partial charge in [0.05, 0.1) is 20.3 Å². The number of benzene rings is 2. The summed E-state index contributed by atoms with van der Waals surface area (Å²) in [7, 11) is 1.64. The number of carbonyl (C=O) groups is 1. The van der Waals surface area contributed by atoms with Crippen LogP contribution in [0.15, 0.2) is 54.7 Å². The highest BCUT2D eigenvalue weighted by atomic mass is 16.5. The van der Waals surface area contributed by atoms with Crippen LogP contribution in [-0.4, -0.2) is 44.3 Å². The summed E-state index contributed by atoms with van der Waals surface area (Å²) in [5.74, 6) is 1.22. The number of ether oxygens (including phenoxy) is 2. The zero-order valence-corrected chi connectivity index (χ0v) is 17.2. The van der Waals surface area contributed by atoms with E-state index in [0.717, 1.165) is 52.5 Å². The number of rotatable bonds is 5. The van der Waals surface area contributed by atoms with Gasteiger partial charge < -0.3 is 20.1 Å². The predicted octanol–water partition coefficient (Wildman–Crippen LogP) is 3.67. The summed E-state index contributed by atoms with van der Waals surface area (Å²) in [5, 5.41) is 0. The average Bonchev–Trinajstić information content (AvgIpc) is 2.79. The molecular formula is C24H25N3O3. The molecule has 0 unspecified atom stereocenters. The number of hydrogen-bond acceptors (Lipinski definition) is 5. The van der Waals surface area contributed by atoms with Crippen molar-refractivity contribution < 1.29 is 14.3 Å². The molecule has 0 aliphatic carbocycles. The molecule has 6 heteroatoms. The van der Waals surface area contributed by atoms with Crippen LogP contribution in [0.25, 0.3) is 22.3 Å². The maximum atomic E-state index is 12.3. The van der Waals surface area contributed by atoms with Gasteiger partial charge in [0.1, 0.15) is 11.6 Å². The first kappa shape index (κ1) is 19.9. The molecule has 0 radical (unpaired) electrons. The van der Waals surface area contributed by atoms with E-state index in [1.807, 2.05) is 55.6 Å². The second-order valence-electron chi connectivity index (χ2n) is 7.28. The van der Waals surface area contributed by atoms with Crippen LogP contribution in [0.1, 0.15) is 15.9 Å². The number of amides is 1. The lowest BCUT2D eigenvalue weighted by Gasteiger charge is -2.28. The summed E-state index contributed by atoms with van der Waals surface area (Å²) < 4.78 is 10.7. The first-order valence-electron chi connectivity index (χ1n) is 9.95. The van der Waals surface area contributed by atoms with Crippen LogP contribution in [0, 0.1) is 6.92 Å². The number of aryl methyl sites for hydroxylation is 1. The largest absolute Gasteiger partial charge is 0.497 e. The molecule has 2 aromatic carbocycles. The van der Waals surface area contributed by atoms with Gasteiger partial charge in [-0.05, 0) is 53.9 Å². The molecule has 1 aromatic heterocycles. The molecule has 0 saturated carbocycles. The molecule has 1 fully saturated rings. The molecule has 3 aromatic rings. The van der Waals surface area contributed by atoms with Gasteiger partial charge in [-0.1, -0.05) is 18.2 Å². The summed E-state index contributed by atoms with van der Waals surface area (Å²) in [6, 6.07) is 15.5. The zero-order valence-electron chi connectivity index (χ0n) is 17.2. The fourth-order valence-corrected chi connectivity index (χ4v) is 3.86. The van der Waals surface area contributed by atoms with Crippen LogP contribution in [0.2, 0.25) is 0 Å². The second kappa shape index (κ2) is 8.55. The number of methoxy groups -OCH3 is 1. The highest BCUT2D eigenvalue weighted by Gasteiger charge is 2.19. The molecule has 0 bridgehead atoms. The van der Waals surface area contributed by atoms with E-state index in [0.29, 0.717) is 18.8 Å². The van der Waals surface area contributed by atoms with Crippen molar-refractivity contribution in [3.8, 4) is 28.0 Å². The highest BCUT2D eigenvalue weighted by molar-refractivity contribution is 6.04. The van der Waals surface area contributed by atoms with Crippen molar-refractivity contribution in [3.05, 3.63) is 65.9 Å². The first-order valence-corrected chi connectivity index (χ1v) is 9.95. The number of anilines is 1. The van der Waals surface area contributed by atoms with Gasteiger partial charge in [-0.2, -0.15) is 0 Å². The molecule has 1 aliphatic heterocycles. The molecule has 0 atom stereocenters. The van der Waals surface area contributed by atoms with Crippen molar-refractivity contribution in [3.63, 3.8) is 0 Å². The topological polar surface area (TPSA) is 77.7 Å². The summed E-state index contributed by atoms with van der Waals surface area (Å²) >= 11 is 0. The normalized spacial score (nSPS) is 13.9. The molecule has 6 nitrogen and oxygen atoms in total. The standard InChI is InChI=1S/C24H25N3O3/c1-16-3-9-20(24(25)28)23(22(16)17-4-7-19(29-2)8-5-17)18-6-10-21(26-15-18)27-11-13-30-14-12-27/h3-10,15H,11-14H2,1-2H3,(H2,25,28). The predicted molar refractivity (Wildman–Crippen MR) is 118 cm³/mol. The Morgan fingerprint density at radius 3 is 2.30 bits per heavy atom. The minimum Gasteiger partial charge on any atom is -0.497 e. The Kier molecular flexibility index (Phi) is 5.68. The third kappa shape index (κ3) is 3.86. The van der Waals surface area contributed by atoms with Gasteiger partial charge in [0.25, 0.3) is 0 Å². The Bertz CT molecular complexity index is 1040. The number of carbonyl (C=O) groups excluding carboxylic acids is 1. The smallest absolute Gasteiger partial charge is 0.249 e. The number of aromatic nitrogens is 1. The van der Waals surface area contributed by atoms with E-state index in [-0.39, 0.29) is 0 Å². The van der Waals surface area contributed by atoms with Gasteiger partial charge in [0.2, 0.25) is 5.91 Å². The molecular weight excluding hydrogens is 378 g/mol. The van der Waals surface area contributed by atoms with Crippen molar-refractivity contribution in [2.24, 2.45) is 5.73 Å². The molecule has 2 heterocycles. The minimum absolute atomic E-state index is 0.461. The number of nitrogens with zero attached hydrogens (tertiary/aromatic N) is 2. The molecule has 2 N–H and O–H groups in total. The average molecular weight is 403 g/mol. The van der Waals surface area contributed by atoms with Gasteiger partial charge in [0.15, 0.2) is 0 Å². The Morgan fingerprint density at radius 2 is 1.70 bits per heavy atom. The fourth-order valence-electron chi connectivity index (χ4n) is 3.86. The van der Waals surface area contributed by atoms with Gasteiger partial charge in [0, 0.05) is 36.0 Å². The molecule has 30 heavy (non-hydrogen) atoms. The van der Waals surface area contributed by atoms with E-state index < -0.39 is 5.91 Å². The maximum absolute atomic E-state index is 12.3. The lowest BCUT2D eigenvalue weighted by atomic mass is 9.87. The highest BCUT2D eigenvalue weighted by Crippen LogP contribution is 2.38. The van der Waals surface area contributed by atoms with Crippen molar-refractivity contribution in [2.45, 2.75) is 6.92 Å². The van der Waals surface area contributed by atoms with Crippen LogP contribution in [-0.2, 0) is 4.74 Å². The Morgan fingerprint density at radius 1 is 1.00 bits per heavy atom. The summed E-state index contributed by atoms with van der Waals surface area (Å²) in [4.78, 5) is 19.1. The molecule has 1 saturated heterocycles. The van der Waals surface area contributed by atoms with Crippen LogP contribution in [0.3, 0.4) is 0 Å². The number of pyridine rings is 1. The van der Waals surface area contributed by atoms with Crippen LogP contribution >= 0.6 is 0 Å². The second-order valence-corrected chi connectivity index (χ2v) is 7.28. The van der Waals surface area contributed by atoms with Gasteiger partial charge in [-0.15, -0.1) is 0 Å². The Labute approximate surface area is 176 Å². The van der Waals surface area contributed by atoms with Crippen LogP contribution < -0.4 is 15.4 Å². The molecule has 0 spiro atoms. The van der Waals surface area contributed by atoms with E-state index >= 15 is 0 Å². The number of morpholine rings is 1. The van der Waals surface area contributed by atoms with Crippen LogP contribution in [0.4, 0.5) is 5.82 Å². The minimum atomic E-state index is -0.461. The lowest BCUT2D eigenvalue weighted by Crippen LogP contribution is -2.36. The lowest BCUT2D eigenvalue weighted by molar-refractivity contribution is 0.100. The third-order valence-electron chi connectivity index (χ3n) is 5.43. The first-order chi connectivity index (χ1) is 14.6. The Balaban J connectivity index is 1.82. The number of primary amides is 1. The molecule has 154 valence electrons. The SMILES string of the molecule is COc1ccc(-c2c(C)ccc(C(N)=O)c2-c2ccc(N3CCOCC3)nc2)cc1. The zero-order chi connectivity index (χ0) is 21.1. The van der Waals surface area contributed by atoms with Crippen molar-refractivity contribution in [1.82, 2.24) is 4.98 Å². The van der Waals surface area contributed by atoms with Gasteiger partial charge >= 0.3 is 0 Å². The van der Waals surface area contributed by atoms with Gasteiger partial charge in [-0.3, -0.25) is 4.79 Å². The maximum Gasteiger partial charge on any atom is 0.249 e. The van der Waals surface area contributed by atoms with E-state index in [1.54, 1.807) is 13.2 Å². The van der Waals surface area contributed by atoms with E-state index in [9.17, 15) is 4.79 Å². The van der Waals surface area contributed by atoms with Crippen molar-refractivity contribution in [2.75, 3.05) is 38.3 Å². The quantitative estimate of drug-likeness (QED) is 0.703.